The first-order valence-electron chi connectivity index (χ1n) is 11.3. The zero-order valence-electron chi connectivity index (χ0n) is 19.1. The molecule has 13 heteroatoms. The molecule has 2 aromatic heterocycles. The number of morpholine rings is 2. The number of hydrogen-bond donors (Lipinski definition) is 3. The number of hydrogen-bond acceptors (Lipinski definition) is 12. The van der Waals surface area contributed by atoms with E-state index in [0.717, 1.165) is 78.8 Å². The van der Waals surface area contributed by atoms with Gasteiger partial charge < -0.3 is 25.4 Å². The lowest BCUT2D eigenvalue weighted by Crippen LogP contribution is -2.39. The Morgan fingerprint density at radius 3 is 1.82 bits per heavy atom. The number of nitrogens with one attached hydrogen (secondary N) is 3. The van der Waals surface area contributed by atoms with E-state index in [1.165, 1.54) is 0 Å². The highest BCUT2D eigenvalue weighted by Crippen LogP contribution is 2.15. The van der Waals surface area contributed by atoms with Crippen molar-refractivity contribution in [3.05, 3.63) is 24.0 Å². The molecule has 3 N–H and O–H groups in total. The third kappa shape index (κ3) is 8.19. The van der Waals surface area contributed by atoms with Gasteiger partial charge in [0.05, 0.1) is 38.3 Å². The van der Waals surface area contributed by atoms with Crippen LogP contribution in [0.2, 0.25) is 0 Å². The van der Waals surface area contributed by atoms with Crippen molar-refractivity contribution in [2.75, 3.05) is 94.7 Å². The zero-order valence-corrected chi connectivity index (χ0v) is 19.9. The van der Waals surface area contributed by atoms with E-state index in [1.807, 2.05) is 6.07 Å². The minimum absolute atomic E-state index is 0. The molecular formula is C21H31ClN10O2. The van der Waals surface area contributed by atoms with Gasteiger partial charge >= 0.3 is 0 Å². The van der Waals surface area contributed by atoms with Crippen LogP contribution in [0.3, 0.4) is 0 Å². The number of nitrogens with zero attached hydrogens (tertiary/aromatic N) is 7. The molecule has 0 amide bonds. The van der Waals surface area contributed by atoms with Gasteiger partial charge in [-0.2, -0.15) is 20.2 Å². The van der Waals surface area contributed by atoms with Crippen LogP contribution in [-0.2, 0) is 9.47 Å². The molecule has 2 aliphatic rings. The second-order valence-corrected chi connectivity index (χ2v) is 7.74. The fraction of sp³-hybridized carbons (Fsp3) is 0.571. The van der Waals surface area contributed by atoms with Gasteiger partial charge in [0.15, 0.2) is 0 Å². The van der Waals surface area contributed by atoms with Crippen LogP contribution in [0.4, 0.5) is 23.5 Å². The second kappa shape index (κ2) is 13.8. The van der Waals surface area contributed by atoms with Gasteiger partial charge in [0.1, 0.15) is 11.8 Å². The van der Waals surface area contributed by atoms with E-state index >= 15 is 0 Å². The summed E-state index contributed by atoms with van der Waals surface area (Å²) in [7, 11) is 0. The molecule has 0 aromatic carbocycles. The molecule has 2 aliphatic heterocycles. The molecule has 0 radical (unpaired) electrons. The third-order valence-electron chi connectivity index (χ3n) is 5.40. The van der Waals surface area contributed by atoms with E-state index in [4.69, 9.17) is 14.7 Å². The maximum absolute atomic E-state index is 8.94. The molecule has 2 saturated heterocycles. The Morgan fingerprint density at radius 1 is 0.824 bits per heavy atom. The maximum atomic E-state index is 8.94. The highest BCUT2D eigenvalue weighted by atomic mass is 35.5. The summed E-state index contributed by atoms with van der Waals surface area (Å²) in [4.78, 5) is 22.3. The topological polar surface area (TPSA) is 136 Å². The summed E-state index contributed by atoms with van der Waals surface area (Å²) in [6, 6.07) is 5.43. The molecule has 12 nitrogen and oxygen atoms in total. The van der Waals surface area contributed by atoms with Gasteiger partial charge in [-0.15, -0.1) is 12.4 Å². The lowest BCUT2D eigenvalue weighted by molar-refractivity contribution is 0.0398. The number of rotatable bonds is 10. The highest BCUT2D eigenvalue weighted by molar-refractivity contribution is 5.85. The van der Waals surface area contributed by atoms with Crippen molar-refractivity contribution in [2.45, 2.75) is 0 Å². The van der Waals surface area contributed by atoms with E-state index in [-0.39, 0.29) is 12.4 Å². The molecule has 2 aromatic rings. The molecule has 0 saturated carbocycles. The quantitative estimate of drug-likeness (QED) is 0.434. The van der Waals surface area contributed by atoms with Crippen LogP contribution >= 0.6 is 12.4 Å². The summed E-state index contributed by atoms with van der Waals surface area (Å²) < 4.78 is 10.8. The summed E-state index contributed by atoms with van der Waals surface area (Å²) in [5, 5.41) is 18.7. The number of anilines is 4. The first-order chi connectivity index (χ1) is 16.3. The largest absolute Gasteiger partial charge is 0.379 e. The van der Waals surface area contributed by atoms with E-state index < -0.39 is 0 Å². The summed E-state index contributed by atoms with van der Waals surface area (Å²) in [6.07, 6.45) is 1.58. The lowest BCUT2D eigenvalue weighted by atomic mass is 10.3. The average Bonchev–Trinajstić information content (AvgIpc) is 2.86. The van der Waals surface area contributed by atoms with Crippen LogP contribution in [-0.4, -0.2) is 109 Å². The number of nitriles is 1. The SMILES string of the molecule is Cl.N#Cc1ccc(Nc2nc(NCCN3CCOCC3)nc(NCCN3CCOCC3)n2)cn1. The Bertz CT molecular complexity index is 873. The van der Waals surface area contributed by atoms with E-state index in [9.17, 15) is 0 Å². The number of ether oxygens (including phenoxy) is 2. The standard InChI is InChI=1S/C21H30N10O2.ClH/c22-15-17-1-2-18(16-25-17)26-21-28-19(23-3-5-30-7-11-32-12-8-30)27-20(29-21)24-4-6-31-9-13-33-14-10-31;/h1-2,16H,3-14H2,(H3,23,24,26,27,28,29);1H. The van der Waals surface area contributed by atoms with E-state index in [2.05, 4.69) is 45.7 Å². The first kappa shape index (κ1) is 25.8. The van der Waals surface area contributed by atoms with Gasteiger partial charge in [0, 0.05) is 52.4 Å². The monoisotopic (exact) mass is 490 g/mol. The van der Waals surface area contributed by atoms with Gasteiger partial charge in [-0.25, -0.2) is 4.98 Å². The van der Waals surface area contributed by atoms with Crippen molar-refractivity contribution in [1.82, 2.24) is 29.7 Å². The second-order valence-electron chi connectivity index (χ2n) is 7.74. The van der Waals surface area contributed by atoms with Crippen molar-refractivity contribution in [3.63, 3.8) is 0 Å². The molecule has 0 bridgehead atoms. The van der Waals surface area contributed by atoms with Crippen molar-refractivity contribution in [2.24, 2.45) is 0 Å². The fourth-order valence-corrected chi connectivity index (χ4v) is 3.55. The normalized spacial score (nSPS) is 16.8. The smallest absolute Gasteiger partial charge is 0.233 e. The minimum atomic E-state index is 0. The van der Waals surface area contributed by atoms with Gasteiger partial charge in [0.25, 0.3) is 0 Å². The summed E-state index contributed by atoms with van der Waals surface area (Å²) in [5.41, 5.74) is 1.05. The van der Waals surface area contributed by atoms with Gasteiger partial charge in [-0.05, 0) is 12.1 Å². The molecule has 4 heterocycles. The average molecular weight is 491 g/mol. The Balaban J connectivity index is 0.00000324. The van der Waals surface area contributed by atoms with Crippen molar-refractivity contribution >= 4 is 35.9 Å². The van der Waals surface area contributed by atoms with Crippen molar-refractivity contribution in [3.8, 4) is 6.07 Å². The molecule has 2 fully saturated rings. The van der Waals surface area contributed by atoms with Gasteiger partial charge in [0.2, 0.25) is 17.8 Å². The van der Waals surface area contributed by atoms with Crippen LogP contribution in [0.15, 0.2) is 18.3 Å². The Morgan fingerprint density at radius 2 is 1.35 bits per heavy atom. The van der Waals surface area contributed by atoms with Crippen molar-refractivity contribution in [1.29, 1.82) is 5.26 Å². The zero-order chi connectivity index (χ0) is 22.7. The van der Waals surface area contributed by atoms with E-state index in [0.29, 0.717) is 29.2 Å². The summed E-state index contributed by atoms with van der Waals surface area (Å²) in [6.45, 7) is 10.0. The molecule has 0 aliphatic carbocycles. The molecule has 0 unspecified atom stereocenters. The molecule has 0 spiro atoms. The van der Waals surface area contributed by atoms with Crippen molar-refractivity contribution < 1.29 is 9.47 Å². The molecular weight excluding hydrogens is 460 g/mol. The predicted octanol–water partition coefficient (Wildman–Crippen LogP) is 0.792. The molecule has 184 valence electrons. The fourth-order valence-electron chi connectivity index (χ4n) is 3.55. The Hall–Kier alpha value is -2.82. The van der Waals surface area contributed by atoms with Gasteiger partial charge in [-0.1, -0.05) is 0 Å². The highest BCUT2D eigenvalue weighted by Gasteiger charge is 2.13. The van der Waals surface area contributed by atoms with Crippen LogP contribution < -0.4 is 16.0 Å². The molecule has 34 heavy (non-hydrogen) atoms. The van der Waals surface area contributed by atoms with Crippen LogP contribution in [0.25, 0.3) is 0 Å². The third-order valence-corrected chi connectivity index (χ3v) is 5.40. The minimum Gasteiger partial charge on any atom is -0.379 e. The first-order valence-corrected chi connectivity index (χ1v) is 11.3. The van der Waals surface area contributed by atoms with Crippen LogP contribution in [0, 0.1) is 11.3 Å². The molecule has 0 atom stereocenters. The van der Waals surface area contributed by atoms with Crippen LogP contribution in [0.1, 0.15) is 5.69 Å². The predicted molar refractivity (Wildman–Crippen MR) is 131 cm³/mol. The Labute approximate surface area is 205 Å². The van der Waals surface area contributed by atoms with Crippen LogP contribution in [0.5, 0.6) is 0 Å². The Kier molecular flexibility index (Phi) is 10.5. The lowest BCUT2D eigenvalue weighted by Gasteiger charge is -2.26. The maximum Gasteiger partial charge on any atom is 0.233 e. The number of aromatic nitrogens is 4. The summed E-state index contributed by atoms with van der Waals surface area (Å²) >= 11 is 0. The molecule has 4 rings (SSSR count). The van der Waals surface area contributed by atoms with Gasteiger partial charge in [-0.3, -0.25) is 9.80 Å². The number of pyridine rings is 1. The number of halogens is 1. The van der Waals surface area contributed by atoms with E-state index in [1.54, 1.807) is 18.3 Å². The summed E-state index contributed by atoms with van der Waals surface area (Å²) in [5.74, 6) is 1.40.